The van der Waals surface area contributed by atoms with E-state index in [0.717, 1.165) is 49.7 Å². The third-order valence-corrected chi connectivity index (χ3v) is 8.36. The van der Waals surface area contributed by atoms with Gasteiger partial charge in [-0.3, -0.25) is 9.69 Å². The molecule has 0 saturated carbocycles. The number of para-hydroxylation sites is 1. The van der Waals surface area contributed by atoms with Crippen molar-refractivity contribution in [1.82, 2.24) is 4.90 Å². The van der Waals surface area contributed by atoms with Crippen LogP contribution < -0.4 is 10.6 Å². The van der Waals surface area contributed by atoms with E-state index >= 15 is 0 Å². The lowest BCUT2D eigenvalue weighted by molar-refractivity contribution is -0.140. The lowest BCUT2D eigenvalue weighted by atomic mass is 9.78. The van der Waals surface area contributed by atoms with E-state index in [1.807, 2.05) is 48.5 Å². The van der Waals surface area contributed by atoms with Gasteiger partial charge in [0.05, 0.1) is 37.0 Å². The summed E-state index contributed by atoms with van der Waals surface area (Å²) in [4.78, 5) is 29.9. The molecule has 3 aromatic rings. The highest BCUT2D eigenvalue weighted by Crippen LogP contribution is 2.51. The van der Waals surface area contributed by atoms with Crippen LogP contribution in [0.15, 0.2) is 96.1 Å². The zero-order valence-corrected chi connectivity index (χ0v) is 24.8. The van der Waals surface area contributed by atoms with Crippen molar-refractivity contribution >= 4 is 23.3 Å². The second kappa shape index (κ2) is 12.7. The lowest BCUT2D eigenvalue weighted by Crippen LogP contribution is -2.42. The number of hydrogen-bond acceptors (Lipinski definition) is 7. The summed E-state index contributed by atoms with van der Waals surface area (Å²) in [5, 5.41) is 6.39. The van der Waals surface area contributed by atoms with Gasteiger partial charge < -0.3 is 24.8 Å². The maximum atomic E-state index is 14.3. The fourth-order valence-corrected chi connectivity index (χ4v) is 6.10. The molecule has 3 heterocycles. The van der Waals surface area contributed by atoms with Crippen LogP contribution in [0.3, 0.4) is 0 Å². The van der Waals surface area contributed by atoms with Crippen molar-refractivity contribution < 1.29 is 28.2 Å². The standard InChI is InChI=1S/C35H36FN3O5/c1-3-43-34(41)31-30(33(40)38-28-11-7-10-27(36)23(28)2)29-16-17-35(31,44-29)32(37-26-8-5-4-6-9-26)25-14-12-24(13-15-25)22-39-18-20-42-21-19-39/h4-17,29,32,37H,3,18-22H2,1-2H3,(H,38,40). The van der Waals surface area contributed by atoms with Crippen molar-refractivity contribution in [2.75, 3.05) is 43.5 Å². The van der Waals surface area contributed by atoms with Gasteiger partial charge in [-0.2, -0.15) is 0 Å². The summed E-state index contributed by atoms with van der Waals surface area (Å²) >= 11 is 0. The predicted octanol–water partition coefficient (Wildman–Crippen LogP) is 5.33. The van der Waals surface area contributed by atoms with E-state index in [0.29, 0.717) is 11.3 Å². The van der Waals surface area contributed by atoms with Gasteiger partial charge in [-0.25, -0.2) is 9.18 Å². The number of esters is 1. The predicted molar refractivity (Wildman–Crippen MR) is 166 cm³/mol. The van der Waals surface area contributed by atoms with Gasteiger partial charge in [0.2, 0.25) is 0 Å². The number of nitrogens with one attached hydrogen (secondary N) is 2. The van der Waals surface area contributed by atoms with Gasteiger partial charge >= 0.3 is 5.97 Å². The molecule has 3 aliphatic heterocycles. The van der Waals surface area contributed by atoms with Crippen molar-refractivity contribution in [1.29, 1.82) is 0 Å². The third kappa shape index (κ3) is 5.78. The zero-order valence-electron chi connectivity index (χ0n) is 24.8. The number of benzene rings is 3. The highest BCUT2D eigenvalue weighted by Gasteiger charge is 2.58. The number of fused-ring (bicyclic) bond motifs is 2. The molecule has 0 spiro atoms. The van der Waals surface area contributed by atoms with Gasteiger partial charge in [-0.05, 0) is 55.3 Å². The van der Waals surface area contributed by atoms with Gasteiger partial charge in [0.1, 0.15) is 17.5 Å². The maximum absolute atomic E-state index is 14.3. The minimum absolute atomic E-state index is 0.123. The molecule has 3 atom stereocenters. The number of halogens is 1. The first-order chi connectivity index (χ1) is 21.4. The zero-order chi connectivity index (χ0) is 30.7. The first-order valence-electron chi connectivity index (χ1n) is 15.0. The number of anilines is 2. The van der Waals surface area contributed by atoms with Crippen LogP contribution in [0.2, 0.25) is 0 Å². The van der Waals surface area contributed by atoms with Gasteiger partial charge in [0.15, 0.2) is 0 Å². The van der Waals surface area contributed by atoms with Crippen molar-refractivity contribution in [3.05, 3.63) is 119 Å². The van der Waals surface area contributed by atoms with Crippen molar-refractivity contribution in [2.45, 2.75) is 38.1 Å². The summed E-state index contributed by atoms with van der Waals surface area (Å²) in [6, 6.07) is 21.8. The Labute approximate surface area is 256 Å². The fraction of sp³-hybridized carbons (Fsp3) is 0.314. The molecule has 1 saturated heterocycles. The van der Waals surface area contributed by atoms with Crippen molar-refractivity contribution in [2.24, 2.45) is 0 Å². The Bertz CT molecular complexity index is 1580. The van der Waals surface area contributed by atoms with Crippen molar-refractivity contribution in [3.63, 3.8) is 0 Å². The monoisotopic (exact) mass is 597 g/mol. The normalized spacial score (nSPS) is 21.8. The number of carbonyl (C=O) groups excluding carboxylic acids is 2. The molecule has 6 rings (SSSR count). The van der Waals surface area contributed by atoms with E-state index in [9.17, 15) is 14.0 Å². The second-order valence-electron chi connectivity index (χ2n) is 11.1. The summed E-state index contributed by atoms with van der Waals surface area (Å²) in [5.74, 6) is -1.62. The molecule has 1 fully saturated rings. The summed E-state index contributed by atoms with van der Waals surface area (Å²) < 4.78 is 31.9. The van der Waals surface area contributed by atoms with E-state index in [1.165, 1.54) is 12.1 Å². The van der Waals surface area contributed by atoms with Gasteiger partial charge in [0, 0.05) is 36.6 Å². The summed E-state index contributed by atoms with van der Waals surface area (Å²) in [6.07, 6.45) is 2.85. The minimum Gasteiger partial charge on any atom is -0.463 e. The van der Waals surface area contributed by atoms with Crippen LogP contribution in [0.5, 0.6) is 0 Å². The Hall–Kier alpha value is -4.31. The van der Waals surface area contributed by atoms with E-state index in [1.54, 1.807) is 26.0 Å². The molecule has 0 radical (unpaired) electrons. The molecule has 8 nitrogen and oxygen atoms in total. The molecular weight excluding hydrogens is 561 g/mol. The van der Waals surface area contributed by atoms with E-state index in [-0.39, 0.29) is 17.8 Å². The quantitative estimate of drug-likeness (QED) is 0.241. The third-order valence-electron chi connectivity index (χ3n) is 8.36. The molecule has 2 N–H and O–H groups in total. The highest BCUT2D eigenvalue weighted by atomic mass is 19.1. The highest BCUT2D eigenvalue weighted by molar-refractivity contribution is 6.12. The second-order valence-corrected chi connectivity index (χ2v) is 11.1. The Balaban J connectivity index is 1.40. The molecule has 228 valence electrons. The average Bonchev–Trinajstić information content (AvgIpc) is 3.62. The molecule has 3 aliphatic rings. The first kappa shape index (κ1) is 29.7. The number of nitrogens with zero attached hydrogens (tertiary/aromatic N) is 1. The molecule has 9 heteroatoms. The van der Waals surface area contributed by atoms with Crippen molar-refractivity contribution in [3.8, 4) is 0 Å². The van der Waals surface area contributed by atoms with Crippen LogP contribution in [0, 0.1) is 12.7 Å². The van der Waals surface area contributed by atoms with Crippen LogP contribution in [-0.2, 0) is 30.3 Å². The molecule has 3 unspecified atom stereocenters. The molecule has 2 bridgehead atoms. The van der Waals surface area contributed by atoms with Gasteiger partial charge in [0.25, 0.3) is 5.91 Å². The fourth-order valence-electron chi connectivity index (χ4n) is 6.10. The Morgan fingerprint density at radius 3 is 2.52 bits per heavy atom. The van der Waals surface area contributed by atoms with E-state index in [2.05, 4.69) is 27.7 Å². The van der Waals surface area contributed by atoms with E-state index in [4.69, 9.17) is 14.2 Å². The van der Waals surface area contributed by atoms with E-state index < -0.39 is 35.4 Å². The molecule has 0 aliphatic carbocycles. The molecule has 3 aromatic carbocycles. The first-order valence-corrected chi connectivity index (χ1v) is 15.0. The summed E-state index contributed by atoms with van der Waals surface area (Å²) in [5.41, 5.74) is 2.40. The topological polar surface area (TPSA) is 89.1 Å². The summed E-state index contributed by atoms with van der Waals surface area (Å²) in [6.45, 7) is 7.47. The average molecular weight is 598 g/mol. The Kier molecular flexibility index (Phi) is 8.61. The van der Waals surface area contributed by atoms with Crippen LogP contribution in [-0.4, -0.2) is 61.4 Å². The van der Waals surface area contributed by atoms with Gasteiger partial charge in [-0.15, -0.1) is 0 Å². The minimum atomic E-state index is -1.35. The SMILES string of the molecule is CCOC(=O)C1=C(C(=O)Nc2cccc(F)c2C)C2C=CC1(C(Nc1ccccc1)c1ccc(CN3CCOCC3)cc1)O2. The number of carbonyl (C=O) groups is 2. The number of rotatable bonds is 10. The molecule has 44 heavy (non-hydrogen) atoms. The molecule has 0 aromatic heterocycles. The number of morpholine rings is 1. The number of ether oxygens (including phenoxy) is 3. The molecular formula is C35H36FN3O5. The largest absolute Gasteiger partial charge is 0.463 e. The van der Waals surface area contributed by atoms with Crippen LogP contribution in [0.25, 0.3) is 0 Å². The Morgan fingerprint density at radius 2 is 1.80 bits per heavy atom. The lowest BCUT2D eigenvalue weighted by Gasteiger charge is -2.36. The van der Waals surface area contributed by atoms with Crippen LogP contribution in [0.1, 0.15) is 29.7 Å². The van der Waals surface area contributed by atoms with Gasteiger partial charge in [-0.1, -0.05) is 54.6 Å². The smallest absolute Gasteiger partial charge is 0.337 e. The Morgan fingerprint density at radius 1 is 1.05 bits per heavy atom. The van der Waals surface area contributed by atoms with Crippen LogP contribution in [0.4, 0.5) is 15.8 Å². The summed E-state index contributed by atoms with van der Waals surface area (Å²) in [7, 11) is 0. The van der Waals surface area contributed by atoms with Crippen LogP contribution >= 0.6 is 0 Å². The number of hydrogen-bond donors (Lipinski definition) is 2. The maximum Gasteiger partial charge on any atom is 0.337 e. The number of amides is 1. The molecule has 1 amide bonds.